The number of fused-ring (bicyclic) bond motifs is 1. The van der Waals surface area contributed by atoms with Gasteiger partial charge in [-0.1, -0.05) is 38.1 Å². The number of aliphatic imine (C=N–C) groups is 1. The molecule has 3 N–H and O–H groups in total. The maximum atomic E-state index is 6.05. The Hall–Kier alpha value is -2.69. The maximum Gasteiger partial charge on any atom is 0.193 e. The van der Waals surface area contributed by atoms with Crippen molar-refractivity contribution in [2.24, 2.45) is 10.7 Å². The van der Waals surface area contributed by atoms with Crippen molar-refractivity contribution in [3.63, 3.8) is 0 Å². The van der Waals surface area contributed by atoms with Gasteiger partial charge in [0.25, 0.3) is 0 Å². The van der Waals surface area contributed by atoms with Crippen LogP contribution in [0.2, 0.25) is 0 Å². The van der Waals surface area contributed by atoms with Crippen LogP contribution in [-0.2, 0) is 6.54 Å². The molecule has 1 heterocycles. The molecule has 0 saturated heterocycles. The van der Waals surface area contributed by atoms with Gasteiger partial charge in [-0.05, 0) is 36.1 Å². The van der Waals surface area contributed by atoms with Gasteiger partial charge in [0.15, 0.2) is 17.5 Å². The summed E-state index contributed by atoms with van der Waals surface area (Å²) in [6.07, 6.45) is 2.01. The fourth-order valence-electron chi connectivity index (χ4n) is 2.87. The Bertz CT molecular complexity index is 756. The van der Waals surface area contributed by atoms with E-state index in [-0.39, 0.29) is 0 Å². The lowest BCUT2D eigenvalue weighted by Gasteiger charge is -2.12. The number of ether oxygens (including phenoxy) is 2. The van der Waals surface area contributed by atoms with Crippen LogP contribution in [0, 0.1) is 0 Å². The lowest BCUT2D eigenvalue weighted by Crippen LogP contribution is -2.22. The van der Waals surface area contributed by atoms with Crippen molar-refractivity contribution < 1.29 is 9.47 Å². The molecule has 1 aliphatic heterocycles. The van der Waals surface area contributed by atoms with Gasteiger partial charge < -0.3 is 20.5 Å². The molecule has 0 aromatic heterocycles. The van der Waals surface area contributed by atoms with E-state index in [1.54, 1.807) is 0 Å². The van der Waals surface area contributed by atoms with Gasteiger partial charge in [0.05, 0.1) is 19.8 Å². The number of nitrogens with zero attached hydrogens (tertiary/aromatic N) is 1. The molecular weight excluding hydrogens is 326 g/mol. The number of hydrogen-bond donors (Lipinski definition) is 2. The number of anilines is 1. The number of nitrogens with one attached hydrogen (secondary N) is 1. The van der Waals surface area contributed by atoms with Crippen LogP contribution in [0.4, 0.5) is 5.69 Å². The minimum Gasteiger partial charge on any atom is -0.490 e. The molecule has 3 rings (SSSR count). The Morgan fingerprint density at radius 2 is 1.92 bits per heavy atom. The second-order valence-electron chi connectivity index (χ2n) is 6.55. The van der Waals surface area contributed by atoms with Crippen LogP contribution in [-0.4, -0.2) is 19.2 Å². The molecule has 0 bridgehead atoms. The normalized spacial score (nSPS) is 15.2. The Labute approximate surface area is 155 Å². The van der Waals surface area contributed by atoms with Crippen molar-refractivity contribution in [1.29, 1.82) is 0 Å². The monoisotopic (exact) mass is 353 g/mol. The number of nitrogens with two attached hydrogens (primary N) is 1. The molecule has 0 radical (unpaired) electrons. The van der Waals surface area contributed by atoms with Gasteiger partial charge in [-0.25, -0.2) is 4.99 Å². The van der Waals surface area contributed by atoms with E-state index in [4.69, 9.17) is 15.2 Å². The van der Waals surface area contributed by atoms with Crippen molar-refractivity contribution in [3.05, 3.63) is 53.6 Å². The van der Waals surface area contributed by atoms with E-state index in [2.05, 4.69) is 36.3 Å². The molecule has 2 aromatic carbocycles. The summed E-state index contributed by atoms with van der Waals surface area (Å²) in [6, 6.07) is 14.2. The highest BCUT2D eigenvalue weighted by atomic mass is 16.5. The zero-order chi connectivity index (χ0) is 18.4. The van der Waals surface area contributed by atoms with Crippen molar-refractivity contribution in [2.75, 3.05) is 18.5 Å². The average Bonchev–Trinajstić information content (AvgIpc) is 2.92. The molecule has 5 nitrogen and oxygen atoms in total. The van der Waals surface area contributed by atoms with E-state index in [0.29, 0.717) is 31.6 Å². The van der Waals surface area contributed by atoms with Gasteiger partial charge in [0.2, 0.25) is 0 Å². The van der Waals surface area contributed by atoms with Gasteiger partial charge in [0.1, 0.15) is 0 Å². The molecule has 0 aliphatic carbocycles. The summed E-state index contributed by atoms with van der Waals surface area (Å²) in [4.78, 5) is 4.45. The Balaban J connectivity index is 1.66. The predicted molar refractivity (Wildman–Crippen MR) is 106 cm³/mol. The third kappa shape index (κ3) is 4.48. The Morgan fingerprint density at radius 1 is 1.15 bits per heavy atom. The van der Waals surface area contributed by atoms with Crippen molar-refractivity contribution in [1.82, 2.24) is 0 Å². The molecule has 1 unspecified atom stereocenters. The summed E-state index contributed by atoms with van der Waals surface area (Å²) >= 11 is 0. The van der Waals surface area contributed by atoms with E-state index in [0.717, 1.165) is 35.6 Å². The highest BCUT2D eigenvalue weighted by Crippen LogP contribution is 2.33. The summed E-state index contributed by atoms with van der Waals surface area (Å²) in [5.41, 5.74) is 9.29. The zero-order valence-electron chi connectivity index (χ0n) is 15.5. The first kappa shape index (κ1) is 18.1. The summed E-state index contributed by atoms with van der Waals surface area (Å²) in [7, 11) is 0. The van der Waals surface area contributed by atoms with Crippen molar-refractivity contribution in [3.8, 4) is 11.5 Å². The Kier molecular flexibility index (Phi) is 6.00. The van der Waals surface area contributed by atoms with Gasteiger partial charge in [-0.15, -0.1) is 0 Å². The molecule has 0 amide bonds. The zero-order valence-corrected chi connectivity index (χ0v) is 15.5. The molecule has 5 heteroatoms. The topological polar surface area (TPSA) is 68.9 Å². The number of rotatable bonds is 5. The molecule has 0 spiro atoms. The van der Waals surface area contributed by atoms with Gasteiger partial charge in [-0.2, -0.15) is 0 Å². The van der Waals surface area contributed by atoms with E-state index >= 15 is 0 Å². The molecule has 2 aromatic rings. The average molecular weight is 353 g/mol. The van der Waals surface area contributed by atoms with Crippen LogP contribution in [0.1, 0.15) is 43.7 Å². The smallest absolute Gasteiger partial charge is 0.193 e. The summed E-state index contributed by atoms with van der Waals surface area (Å²) in [5, 5.41) is 3.14. The minimum atomic E-state index is 0.383. The highest BCUT2D eigenvalue weighted by Gasteiger charge is 2.14. The minimum absolute atomic E-state index is 0.383. The van der Waals surface area contributed by atoms with Crippen LogP contribution < -0.4 is 20.5 Å². The van der Waals surface area contributed by atoms with Crippen LogP contribution in [0.3, 0.4) is 0 Å². The van der Waals surface area contributed by atoms with Gasteiger partial charge in [0, 0.05) is 17.7 Å². The van der Waals surface area contributed by atoms with E-state index in [1.165, 1.54) is 5.56 Å². The van der Waals surface area contributed by atoms with Crippen LogP contribution in [0.5, 0.6) is 11.5 Å². The first-order chi connectivity index (χ1) is 12.7. The molecule has 138 valence electrons. The van der Waals surface area contributed by atoms with E-state index in [9.17, 15) is 0 Å². The molecule has 1 atom stereocenters. The fourth-order valence-corrected chi connectivity index (χ4v) is 2.87. The number of para-hydroxylation sites is 1. The summed E-state index contributed by atoms with van der Waals surface area (Å²) in [6.45, 7) is 6.20. The summed E-state index contributed by atoms with van der Waals surface area (Å²) < 4.78 is 11.5. The lowest BCUT2D eigenvalue weighted by molar-refractivity contribution is 0.296. The predicted octanol–water partition coefficient (Wildman–Crippen LogP) is 4.29. The van der Waals surface area contributed by atoms with Crippen LogP contribution >= 0.6 is 0 Å². The molecular formula is C21H27N3O2. The second kappa shape index (κ2) is 8.61. The van der Waals surface area contributed by atoms with E-state index < -0.39 is 0 Å². The molecule has 1 aliphatic rings. The van der Waals surface area contributed by atoms with Gasteiger partial charge in [-0.3, -0.25) is 0 Å². The van der Waals surface area contributed by atoms with Gasteiger partial charge >= 0.3 is 0 Å². The molecule has 0 fully saturated rings. The second-order valence-corrected chi connectivity index (χ2v) is 6.55. The Morgan fingerprint density at radius 3 is 2.69 bits per heavy atom. The van der Waals surface area contributed by atoms with Crippen LogP contribution in [0.15, 0.2) is 47.5 Å². The lowest BCUT2D eigenvalue weighted by atomic mass is 9.99. The summed E-state index contributed by atoms with van der Waals surface area (Å²) in [5.74, 6) is 2.50. The standard InChI is InChI=1S/C21H27N3O2/c1-3-15(2)16-8-10-18(11-9-16)24-21(22)23-14-17-6-4-7-19-20(17)26-13-5-12-25-19/h4,6-11,15H,3,5,12-14H2,1-2H3,(H3,22,23,24). The maximum absolute atomic E-state index is 6.05. The highest BCUT2D eigenvalue weighted by molar-refractivity contribution is 5.92. The molecule has 26 heavy (non-hydrogen) atoms. The van der Waals surface area contributed by atoms with E-state index in [1.807, 2.05) is 30.3 Å². The third-order valence-electron chi connectivity index (χ3n) is 4.64. The quantitative estimate of drug-likeness (QED) is 0.621. The van der Waals surface area contributed by atoms with Crippen LogP contribution in [0.25, 0.3) is 0 Å². The number of hydrogen-bond acceptors (Lipinski definition) is 3. The number of guanidine groups is 1. The third-order valence-corrected chi connectivity index (χ3v) is 4.64. The number of benzene rings is 2. The first-order valence-electron chi connectivity index (χ1n) is 9.21. The van der Waals surface area contributed by atoms with Crippen molar-refractivity contribution >= 4 is 11.6 Å². The molecule has 0 saturated carbocycles. The largest absolute Gasteiger partial charge is 0.490 e. The first-order valence-corrected chi connectivity index (χ1v) is 9.21. The van der Waals surface area contributed by atoms with Crippen molar-refractivity contribution in [2.45, 2.75) is 39.2 Å². The SMILES string of the molecule is CCC(C)c1ccc(NC(N)=NCc2cccc3c2OCCCO3)cc1. The fraction of sp³-hybridized carbons (Fsp3) is 0.381.